The molecule has 2 aromatic rings. The van der Waals surface area contributed by atoms with E-state index in [1.807, 2.05) is 44.0 Å². The van der Waals surface area contributed by atoms with Crippen molar-refractivity contribution in [3.8, 4) is 0 Å². The lowest BCUT2D eigenvalue weighted by atomic mass is 10.2. The summed E-state index contributed by atoms with van der Waals surface area (Å²) < 4.78 is 14.0. The van der Waals surface area contributed by atoms with Crippen molar-refractivity contribution in [2.24, 2.45) is 0 Å². The van der Waals surface area contributed by atoms with E-state index in [1.165, 1.54) is 6.07 Å². The van der Waals surface area contributed by atoms with Gasteiger partial charge in [-0.3, -0.25) is 0 Å². The minimum atomic E-state index is -0.229. The van der Waals surface area contributed by atoms with Gasteiger partial charge in [0.15, 0.2) is 0 Å². The Balaban J connectivity index is 2.44. The van der Waals surface area contributed by atoms with Crippen molar-refractivity contribution in [1.29, 1.82) is 0 Å². The molecule has 20 heavy (non-hydrogen) atoms. The molecule has 0 bridgehead atoms. The number of anilines is 2. The van der Waals surface area contributed by atoms with Crippen LogP contribution in [0.25, 0.3) is 0 Å². The lowest BCUT2D eigenvalue weighted by Crippen LogP contribution is -2.19. The van der Waals surface area contributed by atoms with Gasteiger partial charge in [0.05, 0.1) is 5.69 Å². The maximum atomic E-state index is 14.0. The summed E-state index contributed by atoms with van der Waals surface area (Å²) in [5.41, 5.74) is 2.64. The molecular weight excluding hydrogens is 253 g/mol. The molecule has 0 fully saturated rings. The monoisotopic (exact) mass is 273 g/mol. The SMILES string of the molecule is CCN(c1cc(CNC)cc(C)n1)c1ccccc1F. The first kappa shape index (κ1) is 14.5. The Bertz CT molecular complexity index is 584. The van der Waals surface area contributed by atoms with Gasteiger partial charge in [-0.15, -0.1) is 0 Å². The molecule has 1 aromatic heterocycles. The summed E-state index contributed by atoms with van der Waals surface area (Å²) in [5, 5.41) is 3.13. The fraction of sp³-hybridized carbons (Fsp3) is 0.312. The molecule has 0 saturated carbocycles. The van der Waals surface area contributed by atoms with E-state index in [0.29, 0.717) is 12.2 Å². The number of nitrogens with one attached hydrogen (secondary N) is 1. The van der Waals surface area contributed by atoms with E-state index < -0.39 is 0 Å². The molecule has 4 heteroatoms. The average molecular weight is 273 g/mol. The van der Waals surface area contributed by atoms with E-state index in [1.54, 1.807) is 12.1 Å². The molecule has 1 heterocycles. The normalized spacial score (nSPS) is 10.6. The third kappa shape index (κ3) is 3.14. The zero-order valence-corrected chi connectivity index (χ0v) is 12.2. The third-order valence-corrected chi connectivity index (χ3v) is 3.12. The summed E-state index contributed by atoms with van der Waals surface area (Å²) in [6.07, 6.45) is 0. The molecule has 0 radical (unpaired) electrons. The van der Waals surface area contributed by atoms with Crippen LogP contribution in [0.15, 0.2) is 36.4 Å². The number of nitrogens with zero attached hydrogens (tertiary/aromatic N) is 2. The van der Waals surface area contributed by atoms with Crippen LogP contribution in [0.3, 0.4) is 0 Å². The maximum absolute atomic E-state index is 14.0. The molecule has 2 rings (SSSR count). The van der Waals surface area contributed by atoms with Gasteiger partial charge < -0.3 is 10.2 Å². The Morgan fingerprint density at radius 2 is 2.00 bits per heavy atom. The first-order valence-corrected chi connectivity index (χ1v) is 6.80. The Kier molecular flexibility index (Phi) is 4.69. The topological polar surface area (TPSA) is 28.2 Å². The van der Waals surface area contributed by atoms with Crippen LogP contribution in [0.2, 0.25) is 0 Å². The molecule has 3 nitrogen and oxygen atoms in total. The van der Waals surface area contributed by atoms with Crippen LogP contribution in [0.1, 0.15) is 18.2 Å². The quantitative estimate of drug-likeness (QED) is 0.905. The highest BCUT2D eigenvalue weighted by molar-refractivity contribution is 5.61. The predicted molar refractivity (Wildman–Crippen MR) is 80.8 cm³/mol. The first-order chi connectivity index (χ1) is 9.65. The summed E-state index contributed by atoms with van der Waals surface area (Å²) >= 11 is 0. The lowest BCUT2D eigenvalue weighted by molar-refractivity contribution is 0.625. The highest BCUT2D eigenvalue weighted by Crippen LogP contribution is 2.27. The molecule has 0 aliphatic carbocycles. The minimum absolute atomic E-state index is 0.229. The molecule has 0 atom stereocenters. The Labute approximate surface area is 119 Å². The number of pyridine rings is 1. The lowest BCUT2D eigenvalue weighted by Gasteiger charge is -2.23. The number of benzene rings is 1. The van der Waals surface area contributed by atoms with Crippen molar-refractivity contribution in [1.82, 2.24) is 10.3 Å². The Morgan fingerprint density at radius 1 is 1.25 bits per heavy atom. The molecule has 106 valence electrons. The molecule has 0 aliphatic rings. The van der Waals surface area contributed by atoms with Gasteiger partial charge in [0.1, 0.15) is 11.6 Å². The van der Waals surface area contributed by atoms with Crippen molar-refractivity contribution < 1.29 is 4.39 Å². The average Bonchev–Trinajstić information content (AvgIpc) is 2.41. The molecule has 1 aromatic carbocycles. The number of hydrogen-bond donors (Lipinski definition) is 1. The second-order valence-corrected chi connectivity index (χ2v) is 4.70. The molecular formula is C16H20FN3. The number of aryl methyl sites for hydroxylation is 1. The van der Waals surface area contributed by atoms with E-state index in [-0.39, 0.29) is 5.82 Å². The molecule has 0 saturated heterocycles. The van der Waals surface area contributed by atoms with E-state index >= 15 is 0 Å². The molecule has 0 aliphatic heterocycles. The summed E-state index contributed by atoms with van der Waals surface area (Å²) in [6, 6.07) is 10.8. The van der Waals surface area contributed by atoms with E-state index in [2.05, 4.69) is 10.3 Å². The highest BCUT2D eigenvalue weighted by Gasteiger charge is 2.13. The standard InChI is InChI=1S/C16H20FN3/c1-4-20(15-8-6-5-7-14(15)17)16-10-13(11-18-3)9-12(2)19-16/h5-10,18H,4,11H2,1-3H3. The number of hydrogen-bond acceptors (Lipinski definition) is 3. The third-order valence-electron chi connectivity index (χ3n) is 3.12. The summed E-state index contributed by atoms with van der Waals surface area (Å²) in [5.74, 6) is 0.552. The molecule has 0 spiro atoms. The zero-order valence-electron chi connectivity index (χ0n) is 12.2. The summed E-state index contributed by atoms with van der Waals surface area (Å²) in [7, 11) is 1.91. The van der Waals surface area contributed by atoms with Crippen molar-refractivity contribution in [3.05, 3.63) is 53.5 Å². The van der Waals surface area contributed by atoms with Crippen LogP contribution in [0.4, 0.5) is 15.9 Å². The zero-order chi connectivity index (χ0) is 14.5. The van der Waals surface area contributed by atoms with Gasteiger partial charge in [0, 0.05) is 18.8 Å². The van der Waals surface area contributed by atoms with Crippen molar-refractivity contribution in [3.63, 3.8) is 0 Å². The highest BCUT2D eigenvalue weighted by atomic mass is 19.1. The van der Waals surface area contributed by atoms with Crippen LogP contribution < -0.4 is 10.2 Å². The van der Waals surface area contributed by atoms with Gasteiger partial charge in [-0.1, -0.05) is 12.1 Å². The Hall–Kier alpha value is -1.94. The fourth-order valence-electron chi connectivity index (χ4n) is 2.29. The summed E-state index contributed by atoms with van der Waals surface area (Å²) in [6.45, 7) is 5.38. The Morgan fingerprint density at radius 3 is 2.65 bits per heavy atom. The van der Waals surface area contributed by atoms with Crippen molar-refractivity contribution in [2.45, 2.75) is 20.4 Å². The predicted octanol–water partition coefficient (Wildman–Crippen LogP) is 3.41. The summed E-state index contributed by atoms with van der Waals surface area (Å²) in [4.78, 5) is 6.43. The first-order valence-electron chi connectivity index (χ1n) is 6.80. The van der Waals surface area contributed by atoms with Crippen LogP contribution in [0.5, 0.6) is 0 Å². The number of halogens is 1. The van der Waals surface area contributed by atoms with Crippen molar-refractivity contribution >= 4 is 11.5 Å². The van der Waals surface area contributed by atoms with Crippen molar-refractivity contribution in [2.75, 3.05) is 18.5 Å². The second-order valence-electron chi connectivity index (χ2n) is 4.70. The molecule has 0 amide bonds. The van der Waals surface area contributed by atoms with Gasteiger partial charge in [-0.2, -0.15) is 0 Å². The smallest absolute Gasteiger partial charge is 0.146 e. The van der Waals surface area contributed by atoms with Gasteiger partial charge in [0.2, 0.25) is 0 Å². The maximum Gasteiger partial charge on any atom is 0.146 e. The van der Waals surface area contributed by atoms with Gasteiger partial charge in [0.25, 0.3) is 0 Å². The largest absolute Gasteiger partial charge is 0.324 e. The van der Waals surface area contributed by atoms with E-state index in [9.17, 15) is 4.39 Å². The molecule has 0 unspecified atom stereocenters. The minimum Gasteiger partial charge on any atom is -0.324 e. The van der Waals surface area contributed by atoms with Gasteiger partial charge in [-0.05, 0) is 50.7 Å². The second kappa shape index (κ2) is 6.48. The molecule has 1 N–H and O–H groups in total. The van der Waals surface area contributed by atoms with Crippen LogP contribution in [0, 0.1) is 12.7 Å². The van der Waals surface area contributed by atoms with Crippen LogP contribution in [-0.4, -0.2) is 18.6 Å². The van der Waals surface area contributed by atoms with Crippen LogP contribution in [-0.2, 0) is 6.54 Å². The number of aromatic nitrogens is 1. The van der Waals surface area contributed by atoms with E-state index in [0.717, 1.165) is 23.6 Å². The van der Waals surface area contributed by atoms with Gasteiger partial charge in [-0.25, -0.2) is 9.37 Å². The fourth-order valence-corrected chi connectivity index (χ4v) is 2.29. The number of para-hydroxylation sites is 1. The van der Waals surface area contributed by atoms with E-state index in [4.69, 9.17) is 0 Å². The van der Waals surface area contributed by atoms with Crippen LogP contribution >= 0.6 is 0 Å². The van der Waals surface area contributed by atoms with Gasteiger partial charge >= 0.3 is 0 Å². The number of rotatable bonds is 5.